The van der Waals surface area contributed by atoms with Gasteiger partial charge in [-0.2, -0.15) is 0 Å². The SMILES string of the molecule is O=C(/C=C/c1nc2ccccc2s1)Oc1ccc(Cl)cc1. The van der Waals surface area contributed by atoms with E-state index in [2.05, 4.69) is 4.98 Å². The van der Waals surface area contributed by atoms with Crippen molar-refractivity contribution in [2.75, 3.05) is 0 Å². The van der Waals surface area contributed by atoms with Gasteiger partial charge in [0, 0.05) is 11.1 Å². The Morgan fingerprint density at radius 1 is 1.14 bits per heavy atom. The summed E-state index contributed by atoms with van der Waals surface area (Å²) in [6.45, 7) is 0. The van der Waals surface area contributed by atoms with Crippen molar-refractivity contribution in [1.29, 1.82) is 0 Å². The van der Waals surface area contributed by atoms with Crippen LogP contribution in [0.3, 0.4) is 0 Å². The zero-order valence-electron chi connectivity index (χ0n) is 10.8. The molecular formula is C16H10ClNO2S. The Bertz CT molecular complexity index is 776. The van der Waals surface area contributed by atoms with Crippen LogP contribution in [0.5, 0.6) is 5.75 Å². The predicted molar refractivity (Wildman–Crippen MR) is 85.7 cm³/mol. The first kappa shape index (κ1) is 13.8. The van der Waals surface area contributed by atoms with Gasteiger partial charge in [-0.1, -0.05) is 23.7 Å². The molecule has 0 saturated heterocycles. The van der Waals surface area contributed by atoms with Crippen molar-refractivity contribution in [3.05, 3.63) is 64.6 Å². The lowest BCUT2D eigenvalue weighted by Crippen LogP contribution is -2.03. The lowest BCUT2D eigenvalue weighted by molar-refractivity contribution is -0.128. The Morgan fingerprint density at radius 3 is 2.67 bits per heavy atom. The maximum absolute atomic E-state index is 11.7. The summed E-state index contributed by atoms with van der Waals surface area (Å²) < 4.78 is 6.24. The number of benzene rings is 2. The van der Waals surface area contributed by atoms with Gasteiger partial charge in [0.2, 0.25) is 0 Å². The van der Waals surface area contributed by atoms with E-state index in [1.54, 1.807) is 30.3 Å². The van der Waals surface area contributed by atoms with Crippen molar-refractivity contribution >= 4 is 45.2 Å². The lowest BCUT2D eigenvalue weighted by Gasteiger charge is -2.00. The van der Waals surface area contributed by atoms with Gasteiger partial charge in [0.1, 0.15) is 10.8 Å². The average molecular weight is 316 g/mol. The van der Waals surface area contributed by atoms with Crippen LogP contribution in [0, 0.1) is 0 Å². The molecule has 0 atom stereocenters. The topological polar surface area (TPSA) is 39.2 Å². The van der Waals surface area contributed by atoms with Crippen molar-refractivity contribution in [2.24, 2.45) is 0 Å². The van der Waals surface area contributed by atoms with Crippen molar-refractivity contribution < 1.29 is 9.53 Å². The van der Waals surface area contributed by atoms with Gasteiger partial charge < -0.3 is 4.74 Å². The number of esters is 1. The zero-order valence-corrected chi connectivity index (χ0v) is 12.4. The number of thiazole rings is 1. The minimum Gasteiger partial charge on any atom is -0.423 e. The molecule has 2 aromatic carbocycles. The van der Waals surface area contributed by atoms with Crippen molar-refractivity contribution in [1.82, 2.24) is 4.98 Å². The minimum atomic E-state index is -0.448. The number of fused-ring (bicyclic) bond motifs is 1. The number of aromatic nitrogens is 1. The Morgan fingerprint density at radius 2 is 1.90 bits per heavy atom. The van der Waals surface area contributed by atoms with Crippen LogP contribution in [0.2, 0.25) is 5.02 Å². The minimum absolute atomic E-state index is 0.448. The second kappa shape index (κ2) is 6.08. The molecule has 0 amide bonds. The molecule has 0 aliphatic carbocycles. The van der Waals surface area contributed by atoms with E-state index in [0.717, 1.165) is 15.2 Å². The zero-order chi connectivity index (χ0) is 14.7. The van der Waals surface area contributed by atoms with E-state index >= 15 is 0 Å². The van der Waals surface area contributed by atoms with Gasteiger partial charge in [0.25, 0.3) is 0 Å². The number of ether oxygens (including phenoxy) is 1. The van der Waals surface area contributed by atoms with Crippen LogP contribution >= 0.6 is 22.9 Å². The summed E-state index contributed by atoms with van der Waals surface area (Å²) in [5.74, 6) is 0.00919. The standard InChI is InChI=1S/C16H10ClNO2S/c17-11-5-7-12(8-6-11)20-16(19)10-9-15-18-13-3-1-2-4-14(13)21-15/h1-10H/b10-9+. The molecule has 5 heteroatoms. The summed E-state index contributed by atoms with van der Waals surface area (Å²) in [6, 6.07) is 14.5. The summed E-state index contributed by atoms with van der Waals surface area (Å²) in [6.07, 6.45) is 3.02. The van der Waals surface area contributed by atoms with Crippen molar-refractivity contribution in [3.8, 4) is 5.75 Å². The monoisotopic (exact) mass is 315 g/mol. The van der Waals surface area contributed by atoms with Crippen LogP contribution in [0.15, 0.2) is 54.6 Å². The van der Waals surface area contributed by atoms with Gasteiger partial charge >= 0.3 is 5.97 Å². The lowest BCUT2D eigenvalue weighted by atomic mass is 10.3. The molecule has 0 fully saturated rings. The third-order valence-corrected chi connectivity index (χ3v) is 3.96. The predicted octanol–water partition coefficient (Wildman–Crippen LogP) is 4.57. The van der Waals surface area contributed by atoms with Gasteiger partial charge in [-0.05, 0) is 42.5 Å². The van der Waals surface area contributed by atoms with E-state index in [9.17, 15) is 4.79 Å². The molecule has 0 N–H and O–H groups in total. The van der Waals surface area contributed by atoms with Gasteiger partial charge in [0.15, 0.2) is 0 Å². The molecule has 104 valence electrons. The first-order chi connectivity index (χ1) is 10.2. The van der Waals surface area contributed by atoms with Crippen molar-refractivity contribution in [2.45, 2.75) is 0 Å². The highest BCUT2D eigenvalue weighted by molar-refractivity contribution is 7.19. The first-order valence-corrected chi connectivity index (χ1v) is 7.41. The van der Waals surface area contributed by atoms with Crippen molar-refractivity contribution in [3.63, 3.8) is 0 Å². The van der Waals surface area contributed by atoms with Crippen LogP contribution in [-0.2, 0) is 4.79 Å². The smallest absolute Gasteiger partial charge is 0.336 e. The van der Waals surface area contributed by atoms with Crippen LogP contribution in [-0.4, -0.2) is 11.0 Å². The number of hydrogen-bond donors (Lipinski definition) is 0. The molecule has 1 aromatic heterocycles. The maximum atomic E-state index is 11.7. The number of halogens is 1. The largest absolute Gasteiger partial charge is 0.423 e. The Balaban J connectivity index is 1.70. The number of hydrogen-bond acceptors (Lipinski definition) is 4. The third kappa shape index (κ3) is 3.48. The second-order valence-corrected chi connectivity index (χ2v) is 5.73. The van der Waals surface area contributed by atoms with E-state index in [0.29, 0.717) is 10.8 Å². The first-order valence-electron chi connectivity index (χ1n) is 6.22. The molecular weight excluding hydrogens is 306 g/mol. The molecule has 21 heavy (non-hydrogen) atoms. The maximum Gasteiger partial charge on any atom is 0.336 e. The summed E-state index contributed by atoms with van der Waals surface area (Å²) in [7, 11) is 0. The summed E-state index contributed by atoms with van der Waals surface area (Å²) >= 11 is 7.29. The summed E-state index contributed by atoms with van der Waals surface area (Å²) in [5, 5.41) is 1.36. The molecule has 0 saturated carbocycles. The quantitative estimate of drug-likeness (QED) is 0.404. The molecule has 3 nitrogen and oxygen atoms in total. The molecule has 3 rings (SSSR count). The second-order valence-electron chi connectivity index (χ2n) is 4.23. The van der Waals surface area contributed by atoms with E-state index in [1.807, 2.05) is 24.3 Å². The van der Waals surface area contributed by atoms with Crippen LogP contribution in [0.1, 0.15) is 5.01 Å². The molecule has 1 heterocycles. The van der Waals surface area contributed by atoms with Gasteiger partial charge in [-0.25, -0.2) is 9.78 Å². The molecule has 0 spiro atoms. The third-order valence-electron chi connectivity index (χ3n) is 2.70. The van der Waals surface area contributed by atoms with Gasteiger partial charge in [-0.3, -0.25) is 0 Å². The highest BCUT2D eigenvalue weighted by Crippen LogP contribution is 2.22. The Hall–Kier alpha value is -2.17. The highest BCUT2D eigenvalue weighted by Gasteiger charge is 2.03. The average Bonchev–Trinajstić information content (AvgIpc) is 2.90. The molecule has 0 aliphatic heterocycles. The summed E-state index contributed by atoms with van der Waals surface area (Å²) in [5.41, 5.74) is 0.924. The van der Waals surface area contributed by atoms with Crippen LogP contribution in [0.4, 0.5) is 0 Å². The number of para-hydroxylation sites is 1. The number of rotatable bonds is 3. The Kier molecular flexibility index (Phi) is 3.99. The summed E-state index contributed by atoms with van der Waals surface area (Å²) in [4.78, 5) is 16.1. The van der Waals surface area contributed by atoms with Crippen LogP contribution in [0.25, 0.3) is 16.3 Å². The number of carbonyl (C=O) groups excluding carboxylic acids is 1. The fourth-order valence-electron chi connectivity index (χ4n) is 1.75. The van der Waals surface area contributed by atoms with E-state index in [1.165, 1.54) is 17.4 Å². The molecule has 0 radical (unpaired) electrons. The van der Waals surface area contributed by atoms with Gasteiger partial charge in [-0.15, -0.1) is 11.3 Å². The molecule has 0 aliphatic rings. The fourth-order valence-corrected chi connectivity index (χ4v) is 2.75. The van der Waals surface area contributed by atoms with Crippen LogP contribution < -0.4 is 4.74 Å². The van der Waals surface area contributed by atoms with E-state index in [-0.39, 0.29) is 0 Å². The normalized spacial score (nSPS) is 11.1. The number of carbonyl (C=O) groups is 1. The molecule has 0 bridgehead atoms. The fraction of sp³-hybridized carbons (Fsp3) is 0. The Labute approximate surface area is 130 Å². The highest BCUT2D eigenvalue weighted by atomic mass is 35.5. The number of nitrogens with zero attached hydrogens (tertiary/aromatic N) is 1. The van der Waals surface area contributed by atoms with Gasteiger partial charge in [0.05, 0.1) is 10.2 Å². The van der Waals surface area contributed by atoms with E-state index < -0.39 is 5.97 Å². The molecule has 0 unspecified atom stereocenters. The molecule has 3 aromatic rings. The van der Waals surface area contributed by atoms with E-state index in [4.69, 9.17) is 16.3 Å².